The van der Waals surface area contributed by atoms with Crippen LogP contribution in [0.25, 0.3) is 0 Å². The highest BCUT2D eigenvalue weighted by molar-refractivity contribution is 5.93. The van der Waals surface area contributed by atoms with Gasteiger partial charge in [0.05, 0.1) is 12.2 Å². The second-order valence-electron chi connectivity index (χ2n) is 6.72. The quantitative estimate of drug-likeness (QED) is 0.655. The zero-order valence-corrected chi connectivity index (χ0v) is 16.1. The van der Waals surface area contributed by atoms with Gasteiger partial charge in [0.1, 0.15) is 6.54 Å². The van der Waals surface area contributed by atoms with Crippen LogP contribution in [0.3, 0.4) is 0 Å². The zero-order valence-electron chi connectivity index (χ0n) is 16.1. The number of nitrogens with zero attached hydrogens (tertiary/aromatic N) is 1. The minimum absolute atomic E-state index is 0.0302. The Morgan fingerprint density at radius 3 is 2.52 bits per heavy atom. The van der Waals surface area contributed by atoms with Crippen molar-refractivity contribution in [3.8, 4) is 0 Å². The number of anilines is 1. The van der Waals surface area contributed by atoms with E-state index in [4.69, 9.17) is 9.47 Å². The molecule has 1 fully saturated rings. The Balaban J connectivity index is 1.97. The van der Waals surface area contributed by atoms with E-state index in [2.05, 4.69) is 5.32 Å². The van der Waals surface area contributed by atoms with Crippen molar-refractivity contribution in [2.75, 3.05) is 25.1 Å². The van der Waals surface area contributed by atoms with Gasteiger partial charge in [0.2, 0.25) is 0 Å². The number of hydrogen-bond donors (Lipinski definition) is 1. The SMILES string of the molecule is CCOC(=O)Nc1cccc(C(=O)OCC(=O)N(CC(F)(F)F)[C@H](C)C2CC2)c1. The Bertz CT molecular complexity index is 750. The molecule has 1 aromatic carbocycles. The number of halogens is 3. The molecule has 160 valence electrons. The highest BCUT2D eigenvalue weighted by Crippen LogP contribution is 2.36. The van der Waals surface area contributed by atoms with Gasteiger partial charge in [0.25, 0.3) is 5.91 Å². The monoisotopic (exact) mass is 416 g/mol. The molecule has 7 nitrogen and oxygen atoms in total. The van der Waals surface area contributed by atoms with Crippen LogP contribution in [0.15, 0.2) is 24.3 Å². The maximum atomic E-state index is 12.8. The molecule has 0 aliphatic heterocycles. The number of ether oxygens (including phenoxy) is 2. The van der Waals surface area contributed by atoms with Crippen molar-refractivity contribution in [3.63, 3.8) is 0 Å². The first kappa shape index (κ1) is 22.5. The highest BCUT2D eigenvalue weighted by Gasteiger charge is 2.40. The molecule has 10 heteroatoms. The molecule has 1 atom stereocenters. The van der Waals surface area contributed by atoms with Crippen molar-refractivity contribution >= 4 is 23.7 Å². The van der Waals surface area contributed by atoms with E-state index in [-0.39, 0.29) is 23.8 Å². The van der Waals surface area contributed by atoms with Gasteiger partial charge in [-0.2, -0.15) is 13.2 Å². The van der Waals surface area contributed by atoms with Crippen LogP contribution in [-0.2, 0) is 14.3 Å². The number of amides is 2. The van der Waals surface area contributed by atoms with Crippen LogP contribution in [0.2, 0.25) is 0 Å². The summed E-state index contributed by atoms with van der Waals surface area (Å²) in [4.78, 5) is 36.6. The van der Waals surface area contributed by atoms with Crippen molar-refractivity contribution in [1.82, 2.24) is 4.90 Å². The second kappa shape index (κ2) is 9.62. The van der Waals surface area contributed by atoms with Crippen molar-refractivity contribution in [2.24, 2.45) is 5.92 Å². The third-order valence-corrected chi connectivity index (χ3v) is 4.41. The summed E-state index contributed by atoms with van der Waals surface area (Å²) in [6.45, 7) is 1.18. The maximum absolute atomic E-state index is 12.8. The third kappa shape index (κ3) is 7.28. The normalized spacial score (nSPS) is 14.7. The molecule has 29 heavy (non-hydrogen) atoms. The predicted octanol–water partition coefficient (Wildman–Crippen LogP) is 3.60. The number of carbonyl (C=O) groups excluding carboxylic acids is 3. The lowest BCUT2D eigenvalue weighted by atomic mass is 10.2. The van der Waals surface area contributed by atoms with Crippen LogP contribution in [-0.4, -0.2) is 54.8 Å². The van der Waals surface area contributed by atoms with E-state index in [1.165, 1.54) is 24.3 Å². The Morgan fingerprint density at radius 2 is 1.93 bits per heavy atom. The van der Waals surface area contributed by atoms with E-state index < -0.39 is 43.3 Å². The fourth-order valence-electron chi connectivity index (χ4n) is 2.79. The first-order valence-electron chi connectivity index (χ1n) is 9.18. The van der Waals surface area contributed by atoms with Gasteiger partial charge in [0, 0.05) is 11.7 Å². The van der Waals surface area contributed by atoms with E-state index in [0.717, 1.165) is 12.8 Å². The van der Waals surface area contributed by atoms with E-state index in [9.17, 15) is 27.6 Å². The molecule has 2 amide bonds. The van der Waals surface area contributed by atoms with Gasteiger partial charge in [-0.3, -0.25) is 10.1 Å². The smallest absolute Gasteiger partial charge is 0.411 e. The summed E-state index contributed by atoms with van der Waals surface area (Å²) in [6.07, 6.45) is -3.72. The Hall–Kier alpha value is -2.78. The summed E-state index contributed by atoms with van der Waals surface area (Å²) >= 11 is 0. The molecule has 1 aromatic rings. The third-order valence-electron chi connectivity index (χ3n) is 4.41. The largest absolute Gasteiger partial charge is 0.452 e. The minimum Gasteiger partial charge on any atom is -0.452 e. The molecule has 0 spiro atoms. The van der Waals surface area contributed by atoms with Gasteiger partial charge in [0.15, 0.2) is 6.61 Å². The van der Waals surface area contributed by atoms with Crippen LogP contribution in [0.1, 0.15) is 37.0 Å². The summed E-state index contributed by atoms with van der Waals surface area (Å²) in [5.74, 6) is -1.77. The molecule has 1 aliphatic rings. The molecule has 0 aromatic heterocycles. The van der Waals surface area contributed by atoms with E-state index >= 15 is 0 Å². The van der Waals surface area contributed by atoms with Gasteiger partial charge in [-0.1, -0.05) is 6.07 Å². The number of alkyl halides is 3. The minimum atomic E-state index is -4.55. The number of benzene rings is 1. The van der Waals surface area contributed by atoms with Crippen LogP contribution < -0.4 is 5.32 Å². The lowest BCUT2D eigenvalue weighted by Gasteiger charge is -2.30. The van der Waals surface area contributed by atoms with Gasteiger partial charge in [-0.25, -0.2) is 9.59 Å². The summed E-state index contributed by atoms with van der Waals surface area (Å²) < 4.78 is 48.1. The fourth-order valence-corrected chi connectivity index (χ4v) is 2.79. The van der Waals surface area contributed by atoms with Crippen molar-refractivity contribution < 1.29 is 37.0 Å². The average molecular weight is 416 g/mol. The number of rotatable bonds is 8. The lowest BCUT2D eigenvalue weighted by molar-refractivity contribution is -0.167. The van der Waals surface area contributed by atoms with Gasteiger partial charge in [-0.05, 0) is 50.8 Å². The van der Waals surface area contributed by atoms with Gasteiger partial charge in [-0.15, -0.1) is 0 Å². The van der Waals surface area contributed by atoms with Gasteiger partial charge < -0.3 is 14.4 Å². The van der Waals surface area contributed by atoms with Gasteiger partial charge >= 0.3 is 18.2 Å². The van der Waals surface area contributed by atoms with E-state index in [0.29, 0.717) is 4.90 Å². The zero-order chi connectivity index (χ0) is 21.6. The van der Waals surface area contributed by atoms with Crippen molar-refractivity contribution in [3.05, 3.63) is 29.8 Å². The standard InChI is InChI=1S/C19H23F3N2O5/c1-3-28-18(27)23-15-6-4-5-14(9-15)17(26)29-10-16(25)24(11-19(20,21)22)12(2)13-7-8-13/h4-6,9,12-13H,3,7-8,10-11H2,1-2H3,(H,23,27)/t12-/m1/s1. The average Bonchev–Trinajstić information content (AvgIpc) is 3.48. The first-order chi connectivity index (χ1) is 13.6. The Kier molecular flexibility index (Phi) is 7.46. The molecular weight excluding hydrogens is 393 g/mol. The lowest BCUT2D eigenvalue weighted by Crippen LogP contribution is -2.47. The molecule has 1 saturated carbocycles. The Labute approximate surface area is 166 Å². The number of hydrogen-bond acceptors (Lipinski definition) is 5. The predicted molar refractivity (Wildman–Crippen MR) is 97.3 cm³/mol. The van der Waals surface area contributed by atoms with Crippen LogP contribution in [0.4, 0.5) is 23.7 Å². The molecule has 0 radical (unpaired) electrons. The van der Waals surface area contributed by atoms with E-state index in [1.54, 1.807) is 13.8 Å². The fraction of sp³-hybridized carbons (Fsp3) is 0.526. The Morgan fingerprint density at radius 1 is 1.24 bits per heavy atom. The molecule has 0 unspecified atom stereocenters. The van der Waals surface area contributed by atoms with Crippen molar-refractivity contribution in [2.45, 2.75) is 38.9 Å². The van der Waals surface area contributed by atoms with Crippen LogP contribution in [0.5, 0.6) is 0 Å². The van der Waals surface area contributed by atoms with Crippen LogP contribution in [0, 0.1) is 5.92 Å². The van der Waals surface area contributed by atoms with Crippen LogP contribution >= 0.6 is 0 Å². The summed E-state index contributed by atoms with van der Waals surface area (Å²) in [5.41, 5.74) is 0.301. The number of carbonyl (C=O) groups is 3. The molecule has 0 heterocycles. The number of nitrogens with one attached hydrogen (secondary N) is 1. The summed E-state index contributed by atoms with van der Waals surface area (Å²) in [7, 11) is 0. The maximum Gasteiger partial charge on any atom is 0.411 e. The topological polar surface area (TPSA) is 84.9 Å². The molecule has 0 bridgehead atoms. The first-order valence-corrected chi connectivity index (χ1v) is 9.18. The molecule has 0 saturated heterocycles. The molecule has 2 rings (SSSR count). The second-order valence-corrected chi connectivity index (χ2v) is 6.72. The highest BCUT2D eigenvalue weighted by atomic mass is 19.4. The summed E-state index contributed by atoms with van der Waals surface area (Å²) in [6, 6.07) is 5.11. The molecule has 1 aliphatic carbocycles. The molecule has 1 N–H and O–H groups in total. The van der Waals surface area contributed by atoms with Crippen molar-refractivity contribution in [1.29, 1.82) is 0 Å². The summed E-state index contributed by atoms with van der Waals surface area (Å²) in [5, 5.41) is 2.41. The molecular formula is C19H23F3N2O5. The number of esters is 1. The van der Waals surface area contributed by atoms with E-state index in [1.807, 2.05) is 0 Å².